The highest BCUT2D eigenvalue weighted by Gasteiger charge is 2.13. The van der Waals surface area contributed by atoms with Gasteiger partial charge in [0.2, 0.25) is 5.95 Å². The zero-order chi connectivity index (χ0) is 23.3. The fourth-order valence-corrected chi connectivity index (χ4v) is 4.44. The summed E-state index contributed by atoms with van der Waals surface area (Å²) in [5, 5.41) is 3.37. The summed E-state index contributed by atoms with van der Waals surface area (Å²) in [6.07, 6.45) is 8.59. The molecule has 1 aliphatic rings. The van der Waals surface area contributed by atoms with Gasteiger partial charge in [0.1, 0.15) is 5.82 Å². The van der Waals surface area contributed by atoms with Gasteiger partial charge in [0.15, 0.2) is 0 Å². The summed E-state index contributed by atoms with van der Waals surface area (Å²) < 4.78 is 13.8. The number of hydrogen-bond acceptors (Lipinski definition) is 5. The number of pyridine rings is 1. The van der Waals surface area contributed by atoms with Crippen LogP contribution in [0.3, 0.4) is 0 Å². The van der Waals surface area contributed by atoms with Crippen LogP contribution in [0.1, 0.15) is 31.2 Å². The monoisotopic (exact) mass is 453 g/mol. The zero-order valence-corrected chi connectivity index (χ0v) is 19.3. The van der Waals surface area contributed by atoms with Crippen LogP contribution in [0, 0.1) is 12.7 Å². The van der Waals surface area contributed by atoms with Crippen LogP contribution in [-0.2, 0) is 0 Å². The average molecular weight is 454 g/mol. The lowest BCUT2D eigenvalue weighted by molar-refractivity contribution is 0.619. The Morgan fingerprint density at radius 1 is 0.853 bits per heavy atom. The molecule has 0 spiro atoms. The molecule has 0 aliphatic carbocycles. The van der Waals surface area contributed by atoms with Crippen molar-refractivity contribution in [1.29, 1.82) is 0 Å². The predicted molar refractivity (Wildman–Crippen MR) is 136 cm³/mol. The van der Waals surface area contributed by atoms with Crippen molar-refractivity contribution in [3.63, 3.8) is 0 Å². The van der Waals surface area contributed by atoms with Crippen molar-refractivity contribution >= 4 is 17.3 Å². The Hall–Kier alpha value is -3.80. The maximum Gasteiger partial charge on any atom is 0.227 e. The molecule has 1 aliphatic heterocycles. The number of anilines is 3. The van der Waals surface area contributed by atoms with Gasteiger partial charge in [0.25, 0.3) is 0 Å². The van der Waals surface area contributed by atoms with E-state index in [2.05, 4.69) is 38.4 Å². The van der Waals surface area contributed by atoms with Crippen LogP contribution in [0.2, 0.25) is 0 Å². The second kappa shape index (κ2) is 10.00. The van der Waals surface area contributed by atoms with Crippen LogP contribution >= 0.6 is 0 Å². The van der Waals surface area contributed by atoms with E-state index < -0.39 is 0 Å². The Morgan fingerprint density at radius 3 is 2.53 bits per heavy atom. The second-order valence-electron chi connectivity index (χ2n) is 8.71. The molecular weight excluding hydrogens is 425 g/mol. The summed E-state index contributed by atoms with van der Waals surface area (Å²) in [5.41, 5.74) is 6.02. The largest absolute Gasteiger partial charge is 0.371 e. The third-order valence-electron chi connectivity index (χ3n) is 6.24. The normalized spacial score (nSPS) is 14.0. The molecule has 6 heteroatoms. The summed E-state index contributed by atoms with van der Waals surface area (Å²) in [7, 11) is 0. The molecule has 5 nitrogen and oxygen atoms in total. The highest BCUT2D eigenvalue weighted by molar-refractivity contribution is 5.79. The molecule has 34 heavy (non-hydrogen) atoms. The molecule has 0 atom stereocenters. The molecule has 2 aromatic heterocycles. The van der Waals surface area contributed by atoms with Gasteiger partial charge >= 0.3 is 0 Å². The number of nitrogens with one attached hydrogen (secondary N) is 1. The van der Waals surface area contributed by atoms with Gasteiger partial charge in [-0.15, -0.1) is 0 Å². The van der Waals surface area contributed by atoms with Crippen LogP contribution in [0.15, 0.2) is 73.1 Å². The van der Waals surface area contributed by atoms with E-state index in [0.717, 1.165) is 41.3 Å². The standard InChI is InChI=1S/C28H28FN5/c1-20-18-21(11-12-25(20)29)27-24(10-7-14-30-27)26-13-15-31-28(33-26)32-22-8-6-9-23(19-22)34-16-4-2-3-5-17-34/h6-15,18-19H,2-5,16-17H2,1H3,(H,31,32,33). The molecular formula is C28H28FN5. The first-order valence-corrected chi connectivity index (χ1v) is 11.8. The van der Waals surface area contributed by atoms with E-state index in [0.29, 0.717) is 11.5 Å². The lowest BCUT2D eigenvalue weighted by atomic mass is 10.0. The van der Waals surface area contributed by atoms with Crippen LogP contribution in [0.4, 0.5) is 21.7 Å². The Labute approximate surface area is 199 Å². The molecule has 172 valence electrons. The quantitative estimate of drug-likeness (QED) is 0.361. The van der Waals surface area contributed by atoms with E-state index in [1.54, 1.807) is 25.4 Å². The van der Waals surface area contributed by atoms with Crippen LogP contribution in [-0.4, -0.2) is 28.0 Å². The molecule has 0 saturated carbocycles. The fraction of sp³-hybridized carbons (Fsp3) is 0.250. The van der Waals surface area contributed by atoms with Gasteiger partial charge in [-0.05, 0) is 79.9 Å². The maximum atomic E-state index is 13.8. The van der Waals surface area contributed by atoms with Crippen molar-refractivity contribution < 1.29 is 4.39 Å². The third kappa shape index (κ3) is 4.91. The lowest BCUT2D eigenvalue weighted by Gasteiger charge is -2.23. The molecule has 1 N–H and O–H groups in total. The van der Waals surface area contributed by atoms with Crippen molar-refractivity contribution in [2.75, 3.05) is 23.3 Å². The van der Waals surface area contributed by atoms with Crippen molar-refractivity contribution in [3.05, 3.63) is 84.4 Å². The first kappa shape index (κ1) is 22.0. The molecule has 0 radical (unpaired) electrons. The van der Waals surface area contributed by atoms with E-state index in [1.807, 2.05) is 30.3 Å². The third-order valence-corrected chi connectivity index (χ3v) is 6.24. The Balaban J connectivity index is 1.42. The van der Waals surface area contributed by atoms with Crippen molar-refractivity contribution in [2.24, 2.45) is 0 Å². The molecule has 3 heterocycles. The van der Waals surface area contributed by atoms with Crippen molar-refractivity contribution in [3.8, 4) is 22.5 Å². The minimum atomic E-state index is -0.225. The van der Waals surface area contributed by atoms with Gasteiger partial charge in [-0.25, -0.2) is 14.4 Å². The Kier molecular flexibility index (Phi) is 6.47. The van der Waals surface area contributed by atoms with Crippen LogP contribution < -0.4 is 10.2 Å². The molecule has 4 aromatic rings. The van der Waals surface area contributed by atoms with Gasteiger partial charge in [0, 0.05) is 48.0 Å². The number of benzene rings is 2. The summed E-state index contributed by atoms with van der Waals surface area (Å²) in [6.45, 7) is 3.96. The molecule has 1 fully saturated rings. The summed E-state index contributed by atoms with van der Waals surface area (Å²) in [4.78, 5) is 16.2. The number of aryl methyl sites for hydroxylation is 1. The zero-order valence-electron chi connectivity index (χ0n) is 19.3. The van der Waals surface area contributed by atoms with Gasteiger partial charge < -0.3 is 10.2 Å². The molecule has 0 unspecified atom stereocenters. The summed E-state index contributed by atoms with van der Waals surface area (Å²) in [5.74, 6) is 0.299. The van der Waals surface area contributed by atoms with Gasteiger partial charge in [-0.2, -0.15) is 0 Å². The number of hydrogen-bond donors (Lipinski definition) is 1. The molecule has 5 rings (SSSR count). The van der Waals surface area contributed by atoms with Gasteiger partial charge in [-0.1, -0.05) is 18.9 Å². The second-order valence-corrected chi connectivity index (χ2v) is 8.71. The van der Waals surface area contributed by atoms with E-state index in [1.165, 1.54) is 37.4 Å². The SMILES string of the molecule is Cc1cc(-c2ncccc2-c2ccnc(Nc3cccc(N4CCCCCC4)c3)n2)ccc1F. The molecule has 1 saturated heterocycles. The Morgan fingerprint density at radius 2 is 1.71 bits per heavy atom. The average Bonchev–Trinajstić information content (AvgIpc) is 3.16. The maximum absolute atomic E-state index is 13.8. The van der Waals surface area contributed by atoms with E-state index in [-0.39, 0.29) is 5.82 Å². The first-order valence-electron chi connectivity index (χ1n) is 11.8. The van der Waals surface area contributed by atoms with Gasteiger partial charge in [0.05, 0.1) is 11.4 Å². The molecule has 2 aromatic carbocycles. The summed E-state index contributed by atoms with van der Waals surface area (Å²) >= 11 is 0. The van der Waals surface area contributed by atoms with E-state index in [4.69, 9.17) is 4.98 Å². The van der Waals surface area contributed by atoms with Crippen LogP contribution in [0.5, 0.6) is 0 Å². The van der Waals surface area contributed by atoms with E-state index >= 15 is 0 Å². The number of aromatic nitrogens is 3. The van der Waals surface area contributed by atoms with Crippen molar-refractivity contribution in [1.82, 2.24) is 15.0 Å². The molecule has 0 amide bonds. The minimum absolute atomic E-state index is 0.225. The molecule has 0 bridgehead atoms. The smallest absolute Gasteiger partial charge is 0.227 e. The fourth-order valence-electron chi connectivity index (χ4n) is 4.44. The number of halogens is 1. The number of rotatable bonds is 5. The predicted octanol–water partition coefficient (Wildman–Crippen LogP) is 6.78. The first-order chi connectivity index (χ1) is 16.7. The summed E-state index contributed by atoms with van der Waals surface area (Å²) in [6, 6.07) is 19.2. The topological polar surface area (TPSA) is 53.9 Å². The number of nitrogens with zero attached hydrogens (tertiary/aromatic N) is 4. The highest BCUT2D eigenvalue weighted by Crippen LogP contribution is 2.31. The van der Waals surface area contributed by atoms with Crippen LogP contribution in [0.25, 0.3) is 22.5 Å². The van der Waals surface area contributed by atoms with Crippen molar-refractivity contribution in [2.45, 2.75) is 32.6 Å². The van der Waals surface area contributed by atoms with Gasteiger partial charge in [-0.3, -0.25) is 4.98 Å². The lowest BCUT2D eigenvalue weighted by Crippen LogP contribution is -2.23. The van der Waals surface area contributed by atoms with E-state index in [9.17, 15) is 4.39 Å². The highest BCUT2D eigenvalue weighted by atomic mass is 19.1. The minimum Gasteiger partial charge on any atom is -0.371 e. The Bertz CT molecular complexity index is 1280.